The van der Waals surface area contributed by atoms with Gasteiger partial charge in [-0.2, -0.15) is 0 Å². The predicted octanol–water partition coefficient (Wildman–Crippen LogP) is 5.84. The van der Waals surface area contributed by atoms with Gasteiger partial charge in [-0.15, -0.1) is 0 Å². The summed E-state index contributed by atoms with van der Waals surface area (Å²) in [4.78, 5) is 28.1. The summed E-state index contributed by atoms with van der Waals surface area (Å²) in [7, 11) is 1.34. The number of aromatic nitrogens is 1. The quantitative estimate of drug-likeness (QED) is 0.360. The SMILES string of the molecule is COC(=O)C1=C(C)N([C@H](C)c2ccccc2)C(=O)/C1=C\c1cc(C)n(-c2ccc(C)cc2)c1C. The lowest BCUT2D eigenvalue weighted by Crippen LogP contribution is -2.28. The van der Waals surface area contributed by atoms with E-state index >= 15 is 0 Å². The van der Waals surface area contributed by atoms with Crippen LogP contribution in [0.5, 0.6) is 0 Å². The van der Waals surface area contributed by atoms with Crippen molar-refractivity contribution in [2.24, 2.45) is 0 Å². The van der Waals surface area contributed by atoms with Crippen LogP contribution in [0.4, 0.5) is 0 Å². The lowest BCUT2D eigenvalue weighted by atomic mass is 10.0. The first-order valence-corrected chi connectivity index (χ1v) is 11.4. The molecule has 174 valence electrons. The van der Waals surface area contributed by atoms with Gasteiger partial charge in [0.05, 0.1) is 24.3 Å². The summed E-state index contributed by atoms with van der Waals surface area (Å²) in [5.41, 5.74) is 7.47. The Balaban J connectivity index is 1.81. The van der Waals surface area contributed by atoms with Crippen LogP contribution in [0.2, 0.25) is 0 Å². The molecule has 0 unspecified atom stereocenters. The molecular weight excluding hydrogens is 424 g/mol. The van der Waals surface area contributed by atoms with Crippen molar-refractivity contribution in [2.75, 3.05) is 7.11 Å². The molecule has 5 heteroatoms. The second kappa shape index (κ2) is 9.18. The minimum atomic E-state index is -0.507. The summed E-state index contributed by atoms with van der Waals surface area (Å²) in [5, 5.41) is 0. The molecule has 2 aromatic carbocycles. The van der Waals surface area contributed by atoms with Gasteiger partial charge in [-0.25, -0.2) is 4.79 Å². The molecule has 0 saturated heterocycles. The molecule has 0 radical (unpaired) electrons. The minimum Gasteiger partial charge on any atom is -0.465 e. The zero-order chi connectivity index (χ0) is 24.6. The number of hydrogen-bond acceptors (Lipinski definition) is 3. The third-order valence-corrected chi connectivity index (χ3v) is 6.56. The maximum atomic E-state index is 13.7. The highest BCUT2D eigenvalue weighted by Crippen LogP contribution is 2.38. The van der Waals surface area contributed by atoms with Gasteiger partial charge in [0.15, 0.2) is 0 Å². The average molecular weight is 455 g/mol. The number of rotatable bonds is 5. The van der Waals surface area contributed by atoms with Crippen LogP contribution in [-0.4, -0.2) is 28.5 Å². The zero-order valence-electron chi connectivity index (χ0n) is 20.5. The van der Waals surface area contributed by atoms with E-state index in [2.05, 4.69) is 35.8 Å². The molecule has 2 heterocycles. The largest absolute Gasteiger partial charge is 0.465 e. The summed E-state index contributed by atoms with van der Waals surface area (Å²) in [6.07, 6.45) is 1.82. The smallest absolute Gasteiger partial charge is 0.340 e. The van der Waals surface area contributed by atoms with Gasteiger partial charge in [0.2, 0.25) is 0 Å². The molecule has 0 spiro atoms. The van der Waals surface area contributed by atoms with Crippen molar-refractivity contribution in [3.05, 3.63) is 106 Å². The highest BCUT2D eigenvalue weighted by Gasteiger charge is 2.39. The van der Waals surface area contributed by atoms with Crippen LogP contribution in [0.3, 0.4) is 0 Å². The van der Waals surface area contributed by atoms with Crippen LogP contribution < -0.4 is 0 Å². The van der Waals surface area contributed by atoms with Crippen LogP contribution in [-0.2, 0) is 14.3 Å². The number of benzene rings is 2. The van der Waals surface area contributed by atoms with Crippen LogP contribution in [0.1, 0.15) is 48.0 Å². The number of aryl methyl sites for hydroxylation is 2. The summed E-state index contributed by atoms with van der Waals surface area (Å²) in [5.74, 6) is -0.707. The fourth-order valence-corrected chi connectivity index (χ4v) is 4.73. The van der Waals surface area contributed by atoms with E-state index in [4.69, 9.17) is 4.74 Å². The van der Waals surface area contributed by atoms with Crippen molar-refractivity contribution in [3.63, 3.8) is 0 Å². The van der Waals surface area contributed by atoms with Crippen LogP contribution in [0.15, 0.2) is 77.5 Å². The van der Waals surface area contributed by atoms with Crippen molar-refractivity contribution in [3.8, 4) is 5.69 Å². The predicted molar refractivity (Wildman–Crippen MR) is 134 cm³/mol. The highest BCUT2D eigenvalue weighted by atomic mass is 16.5. The van der Waals surface area contributed by atoms with Crippen molar-refractivity contribution >= 4 is 18.0 Å². The highest BCUT2D eigenvalue weighted by molar-refractivity contribution is 6.16. The Hall–Kier alpha value is -3.86. The van der Waals surface area contributed by atoms with Crippen molar-refractivity contribution in [1.82, 2.24) is 9.47 Å². The van der Waals surface area contributed by atoms with Crippen LogP contribution in [0.25, 0.3) is 11.8 Å². The molecule has 1 aromatic heterocycles. The van der Waals surface area contributed by atoms with Gasteiger partial charge in [0.25, 0.3) is 5.91 Å². The van der Waals surface area contributed by atoms with E-state index in [0.29, 0.717) is 16.8 Å². The number of esters is 1. The molecule has 4 rings (SSSR count). The number of ether oxygens (including phenoxy) is 1. The number of carbonyl (C=O) groups is 2. The molecule has 0 aliphatic carbocycles. The first-order chi connectivity index (χ1) is 16.2. The van der Waals surface area contributed by atoms with Crippen molar-refractivity contribution in [1.29, 1.82) is 0 Å². The fraction of sp³-hybridized carbons (Fsp3) is 0.241. The maximum Gasteiger partial charge on any atom is 0.340 e. The summed E-state index contributed by atoms with van der Waals surface area (Å²) in [6, 6.07) is 20.0. The molecule has 34 heavy (non-hydrogen) atoms. The Morgan fingerprint density at radius 1 is 0.971 bits per heavy atom. The third kappa shape index (κ3) is 3.98. The molecule has 5 nitrogen and oxygen atoms in total. The lowest BCUT2D eigenvalue weighted by Gasteiger charge is -2.26. The second-order valence-corrected chi connectivity index (χ2v) is 8.77. The first kappa shape index (κ1) is 23.3. The zero-order valence-corrected chi connectivity index (χ0v) is 20.5. The molecule has 1 atom stereocenters. The third-order valence-electron chi connectivity index (χ3n) is 6.56. The monoisotopic (exact) mass is 454 g/mol. The van der Waals surface area contributed by atoms with Gasteiger partial charge in [0.1, 0.15) is 0 Å². The number of allylic oxidation sites excluding steroid dienone is 1. The van der Waals surface area contributed by atoms with Gasteiger partial charge >= 0.3 is 5.97 Å². The maximum absolute atomic E-state index is 13.7. The van der Waals surface area contributed by atoms with Gasteiger partial charge < -0.3 is 14.2 Å². The average Bonchev–Trinajstić information content (AvgIpc) is 3.25. The Labute approximate surface area is 201 Å². The molecule has 0 bridgehead atoms. The minimum absolute atomic E-state index is 0.200. The van der Waals surface area contributed by atoms with E-state index in [1.165, 1.54) is 12.7 Å². The number of nitrogens with zero attached hydrogens (tertiary/aromatic N) is 2. The van der Waals surface area contributed by atoms with E-state index < -0.39 is 5.97 Å². The molecule has 1 aliphatic rings. The van der Waals surface area contributed by atoms with Crippen LogP contribution >= 0.6 is 0 Å². The fourth-order valence-electron chi connectivity index (χ4n) is 4.73. The number of hydrogen-bond donors (Lipinski definition) is 0. The Bertz CT molecular complexity index is 1310. The molecule has 0 fully saturated rings. The molecule has 0 saturated carbocycles. The van der Waals surface area contributed by atoms with Gasteiger partial charge in [0, 0.05) is 22.8 Å². The lowest BCUT2D eigenvalue weighted by molar-refractivity contribution is -0.136. The van der Waals surface area contributed by atoms with E-state index in [0.717, 1.165) is 28.2 Å². The van der Waals surface area contributed by atoms with E-state index in [1.54, 1.807) is 11.8 Å². The molecule has 3 aromatic rings. The van der Waals surface area contributed by atoms with E-state index in [-0.39, 0.29) is 11.9 Å². The van der Waals surface area contributed by atoms with E-state index in [1.807, 2.05) is 63.2 Å². The first-order valence-electron chi connectivity index (χ1n) is 11.4. The topological polar surface area (TPSA) is 51.5 Å². The number of carbonyl (C=O) groups excluding carboxylic acids is 2. The molecule has 1 aliphatic heterocycles. The summed E-state index contributed by atoms with van der Waals surface area (Å²) in [6.45, 7) is 9.90. The molecule has 0 N–H and O–H groups in total. The summed E-state index contributed by atoms with van der Waals surface area (Å²) >= 11 is 0. The standard InChI is InChI=1S/C29H30N2O3/c1-18-12-14-25(15-13-18)30-19(2)16-24(21(30)4)17-26-27(29(33)34-6)22(5)31(28(26)32)20(3)23-10-8-7-9-11-23/h7-17,20H,1-6H3/b26-17-/t20-/m1/s1. The van der Waals surface area contributed by atoms with Gasteiger partial charge in [-0.05, 0) is 70.0 Å². The Morgan fingerprint density at radius 2 is 1.62 bits per heavy atom. The number of methoxy groups -OCH3 is 1. The normalized spacial score (nSPS) is 15.9. The summed E-state index contributed by atoms with van der Waals surface area (Å²) < 4.78 is 7.23. The molecular formula is C29H30N2O3. The number of amides is 1. The van der Waals surface area contributed by atoms with Gasteiger partial charge in [-0.1, -0.05) is 48.0 Å². The van der Waals surface area contributed by atoms with Crippen molar-refractivity contribution < 1.29 is 14.3 Å². The second-order valence-electron chi connectivity index (χ2n) is 8.77. The van der Waals surface area contributed by atoms with Crippen LogP contribution in [0, 0.1) is 20.8 Å². The van der Waals surface area contributed by atoms with E-state index in [9.17, 15) is 9.59 Å². The van der Waals surface area contributed by atoms with Crippen molar-refractivity contribution in [2.45, 2.75) is 40.7 Å². The van der Waals surface area contributed by atoms with Gasteiger partial charge in [-0.3, -0.25) is 4.79 Å². The Kier molecular flexibility index (Phi) is 6.29. The molecule has 1 amide bonds. The Morgan fingerprint density at radius 3 is 2.24 bits per heavy atom.